The molecule has 1 N–H and O–H groups in total. The first-order valence-electron chi connectivity index (χ1n) is 6.68. The van der Waals surface area contributed by atoms with Crippen molar-refractivity contribution >= 4 is 16.9 Å². The number of nitrogens with zero attached hydrogens (tertiary/aromatic N) is 1. The molecule has 4 heteroatoms. The highest BCUT2D eigenvalue weighted by atomic mass is 32.2. The fourth-order valence-corrected chi connectivity index (χ4v) is 3.17. The van der Waals surface area contributed by atoms with Crippen LogP contribution in [0.5, 0.6) is 0 Å². The lowest BCUT2D eigenvalue weighted by atomic mass is 9.97. The highest BCUT2D eigenvalue weighted by molar-refractivity contribution is 8.13. The van der Waals surface area contributed by atoms with E-state index in [1.54, 1.807) is 0 Å². The summed E-state index contributed by atoms with van der Waals surface area (Å²) in [5.74, 6) is 1.16. The molecule has 1 heterocycles. The number of ether oxygens (including phenoxy) is 1. The summed E-state index contributed by atoms with van der Waals surface area (Å²) in [5, 5.41) is 4.47. The largest absolute Gasteiger partial charge is 0.376 e. The molecular formula is C13H24N2OS. The lowest BCUT2D eigenvalue weighted by Gasteiger charge is -2.27. The predicted molar refractivity (Wildman–Crippen MR) is 74.8 cm³/mol. The van der Waals surface area contributed by atoms with Gasteiger partial charge in [0, 0.05) is 18.8 Å². The summed E-state index contributed by atoms with van der Waals surface area (Å²) in [6.45, 7) is 7.18. The molecule has 0 unspecified atom stereocenters. The molecule has 3 nitrogen and oxygen atoms in total. The van der Waals surface area contributed by atoms with Gasteiger partial charge in [0.15, 0.2) is 5.17 Å². The molecule has 1 aliphatic heterocycles. The van der Waals surface area contributed by atoms with Crippen molar-refractivity contribution in [1.82, 2.24) is 5.32 Å². The first kappa shape index (κ1) is 13.2. The van der Waals surface area contributed by atoms with Crippen molar-refractivity contribution in [2.45, 2.75) is 45.6 Å². The molecule has 98 valence electrons. The van der Waals surface area contributed by atoms with Gasteiger partial charge in [0.05, 0.1) is 12.7 Å². The first-order valence-corrected chi connectivity index (χ1v) is 7.67. The number of thioether (sulfide) groups is 1. The molecular weight excluding hydrogens is 232 g/mol. The van der Waals surface area contributed by atoms with E-state index in [0.717, 1.165) is 30.6 Å². The SMILES string of the molecule is CC1(C)CN=C(NCCOC2CCCC2)SC1. The van der Waals surface area contributed by atoms with Crippen molar-refractivity contribution in [2.24, 2.45) is 10.4 Å². The Labute approximate surface area is 109 Å². The molecule has 17 heavy (non-hydrogen) atoms. The highest BCUT2D eigenvalue weighted by Crippen LogP contribution is 2.26. The molecule has 1 fully saturated rings. The van der Waals surface area contributed by atoms with Crippen LogP contribution in [0.1, 0.15) is 39.5 Å². The zero-order valence-corrected chi connectivity index (χ0v) is 11.8. The topological polar surface area (TPSA) is 33.6 Å². The number of aliphatic imine (C=N–C) groups is 1. The van der Waals surface area contributed by atoms with Crippen molar-refractivity contribution in [3.8, 4) is 0 Å². The second kappa shape index (κ2) is 6.10. The Balaban J connectivity index is 1.57. The maximum absolute atomic E-state index is 5.81. The molecule has 0 aromatic rings. The Hall–Kier alpha value is -0.220. The van der Waals surface area contributed by atoms with Gasteiger partial charge in [-0.1, -0.05) is 38.5 Å². The van der Waals surface area contributed by atoms with Crippen molar-refractivity contribution in [1.29, 1.82) is 0 Å². The average Bonchev–Trinajstić information content (AvgIpc) is 2.79. The maximum Gasteiger partial charge on any atom is 0.156 e. The van der Waals surface area contributed by atoms with E-state index in [0.29, 0.717) is 11.5 Å². The lowest BCUT2D eigenvalue weighted by Crippen LogP contribution is -2.33. The number of nitrogens with one attached hydrogen (secondary N) is 1. The molecule has 0 spiro atoms. The minimum atomic E-state index is 0.357. The summed E-state index contributed by atoms with van der Waals surface area (Å²) in [4.78, 5) is 4.56. The fraction of sp³-hybridized carbons (Fsp3) is 0.923. The van der Waals surface area contributed by atoms with Crippen LogP contribution in [0.3, 0.4) is 0 Å². The molecule has 0 saturated heterocycles. The van der Waals surface area contributed by atoms with Crippen LogP contribution in [-0.2, 0) is 4.74 Å². The summed E-state index contributed by atoms with van der Waals surface area (Å²) in [6, 6.07) is 0. The van der Waals surface area contributed by atoms with Crippen molar-refractivity contribution in [2.75, 3.05) is 25.4 Å². The zero-order chi connectivity index (χ0) is 12.1. The van der Waals surface area contributed by atoms with E-state index in [9.17, 15) is 0 Å². The van der Waals surface area contributed by atoms with Crippen molar-refractivity contribution < 1.29 is 4.74 Å². The van der Waals surface area contributed by atoms with Gasteiger partial charge in [-0.15, -0.1) is 0 Å². The molecule has 2 aliphatic rings. The van der Waals surface area contributed by atoms with Crippen molar-refractivity contribution in [3.63, 3.8) is 0 Å². The smallest absolute Gasteiger partial charge is 0.156 e. The van der Waals surface area contributed by atoms with Gasteiger partial charge in [-0.05, 0) is 18.3 Å². The van der Waals surface area contributed by atoms with Crippen LogP contribution in [-0.4, -0.2) is 36.7 Å². The third-order valence-corrected chi connectivity index (χ3v) is 4.76. The van der Waals surface area contributed by atoms with Gasteiger partial charge in [-0.2, -0.15) is 0 Å². The third kappa shape index (κ3) is 4.51. The number of hydrogen-bond acceptors (Lipinski definition) is 4. The van der Waals surface area contributed by atoms with Crippen LogP contribution >= 0.6 is 11.8 Å². The summed E-state index contributed by atoms with van der Waals surface area (Å²) in [6.07, 6.45) is 5.72. The quantitative estimate of drug-likeness (QED) is 0.785. The molecule has 0 bridgehead atoms. The number of hydrogen-bond donors (Lipinski definition) is 1. The van der Waals surface area contributed by atoms with Gasteiger partial charge >= 0.3 is 0 Å². The normalized spacial score (nSPS) is 24.7. The van der Waals surface area contributed by atoms with Crippen LogP contribution in [0, 0.1) is 5.41 Å². The molecule has 0 aromatic carbocycles. The minimum Gasteiger partial charge on any atom is -0.376 e. The minimum absolute atomic E-state index is 0.357. The van der Waals surface area contributed by atoms with Crippen LogP contribution in [0.25, 0.3) is 0 Å². The van der Waals surface area contributed by atoms with E-state index >= 15 is 0 Å². The van der Waals surface area contributed by atoms with E-state index < -0.39 is 0 Å². The van der Waals surface area contributed by atoms with Gasteiger partial charge in [0.25, 0.3) is 0 Å². The Morgan fingerprint density at radius 3 is 2.82 bits per heavy atom. The second-order valence-electron chi connectivity index (χ2n) is 5.78. The molecule has 1 saturated carbocycles. The predicted octanol–water partition coefficient (Wildman–Crippen LogP) is 2.66. The standard InChI is InChI=1S/C13H24N2OS/c1-13(2)9-15-12(17-10-13)14-7-8-16-11-5-3-4-6-11/h11H,3-10H2,1-2H3,(H,14,15). The van der Waals surface area contributed by atoms with Gasteiger partial charge in [-0.25, -0.2) is 0 Å². The van der Waals surface area contributed by atoms with Crippen LogP contribution in [0.2, 0.25) is 0 Å². The van der Waals surface area contributed by atoms with E-state index in [4.69, 9.17) is 4.74 Å². The average molecular weight is 256 g/mol. The van der Waals surface area contributed by atoms with E-state index in [1.165, 1.54) is 25.7 Å². The first-order chi connectivity index (χ1) is 8.16. The summed E-state index contributed by atoms with van der Waals surface area (Å²) in [7, 11) is 0. The number of rotatable bonds is 4. The van der Waals surface area contributed by atoms with Crippen LogP contribution in [0.15, 0.2) is 4.99 Å². The lowest BCUT2D eigenvalue weighted by molar-refractivity contribution is 0.0624. The maximum atomic E-state index is 5.81. The Morgan fingerprint density at radius 2 is 2.18 bits per heavy atom. The molecule has 0 amide bonds. The van der Waals surface area contributed by atoms with Crippen molar-refractivity contribution in [3.05, 3.63) is 0 Å². The van der Waals surface area contributed by atoms with Crippen LogP contribution < -0.4 is 5.32 Å². The van der Waals surface area contributed by atoms with E-state index in [1.807, 2.05) is 11.8 Å². The van der Waals surface area contributed by atoms with Crippen LogP contribution in [0.4, 0.5) is 0 Å². The monoisotopic (exact) mass is 256 g/mol. The molecule has 2 rings (SSSR count). The Bertz CT molecular complexity index is 273. The van der Waals surface area contributed by atoms with E-state index in [-0.39, 0.29) is 0 Å². The fourth-order valence-electron chi connectivity index (χ4n) is 2.19. The third-order valence-electron chi connectivity index (χ3n) is 3.28. The number of amidine groups is 1. The Kier molecular flexibility index (Phi) is 4.74. The Morgan fingerprint density at radius 1 is 1.41 bits per heavy atom. The second-order valence-corrected chi connectivity index (χ2v) is 6.74. The zero-order valence-electron chi connectivity index (χ0n) is 11.0. The van der Waals surface area contributed by atoms with E-state index in [2.05, 4.69) is 24.2 Å². The van der Waals surface area contributed by atoms with Gasteiger partial charge in [-0.3, -0.25) is 4.99 Å². The molecule has 1 aliphatic carbocycles. The van der Waals surface area contributed by atoms with Gasteiger partial charge < -0.3 is 10.1 Å². The molecule has 0 radical (unpaired) electrons. The summed E-state index contributed by atoms with van der Waals surface area (Å²) < 4.78 is 5.81. The van der Waals surface area contributed by atoms with Gasteiger partial charge in [0.1, 0.15) is 0 Å². The summed E-state index contributed by atoms with van der Waals surface area (Å²) in [5.41, 5.74) is 0.357. The molecule has 0 atom stereocenters. The highest BCUT2D eigenvalue weighted by Gasteiger charge is 2.23. The molecule has 0 aromatic heterocycles. The summed E-state index contributed by atoms with van der Waals surface area (Å²) >= 11 is 1.84. The van der Waals surface area contributed by atoms with Gasteiger partial charge in [0.2, 0.25) is 0 Å².